The van der Waals surface area contributed by atoms with Gasteiger partial charge in [-0.2, -0.15) is 0 Å². The molecule has 3 aromatic rings. The average molecular weight is 397 g/mol. The summed E-state index contributed by atoms with van der Waals surface area (Å²) < 4.78 is 60.6. The minimum Gasteiger partial charge on any atom is -0.482 e. The SMILES string of the molecule is O=C(O)c1ccc(OCc2ncn(-c3ccc(OC(F)(F)F)cc3)n2)c(F)c1. The second-order valence-corrected chi connectivity index (χ2v) is 5.39. The summed E-state index contributed by atoms with van der Waals surface area (Å²) in [5.74, 6) is -2.48. The number of rotatable bonds is 6. The van der Waals surface area contributed by atoms with Crippen LogP contribution in [0, 0.1) is 5.82 Å². The van der Waals surface area contributed by atoms with Crippen LogP contribution >= 0.6 is 0 Å². The van der Waals surface area contributed by atoms with E-state index < -0.39 is 18.1 Å². The number of nitrogens with zero attached hydrogens (tertiary/aromatic N) is 3. The van der Waals surface area contributed by atoms with Gasteiger partial charge < -0.3 is 14.6 Å². The molecule has 1 aromatic heterocycles. The Balaban J connectivity index is 1.65. The molecule has 1 heterocycles. The van der Waals surface area contributed by atoms with Crippen molar-refractivity contribution in [1.29, 1.82) is 0 Å². The summed E-state index contributed by atoms with van der Waals surface area (Å²) in [5.41, 5.74) is 0.204. The van der Waals surface area contributed by atoms with Gasteiger partial charge in [0.25, 0.3) is 0 Å². The van der Waals surface area contributed by atoms with Gasteiger partial charge in [0, 0.05) is 0 Å². The van der Waals surface area contributed by atoms with Crippen molar-refractivity contribution in [3.63, 3.8) is 0 Å². The predicted octanol–water partition coefficient (Wildman–Crippen LogP) is 3.58. The van der Waals surface area contributed by atoms with E-state index in [0.29, 0.717) is 5.69 Å². The summed E-state index contributed by atoms with van der Waals surface area (Å²) in [4.78, 5) is 14.7. The van der Waals surface area contributed by atoms with E-state index in [-0.39, 0.29) is 29.5 Å². The molecule has 0 aliphatic carbocycles. The number of hydrogen-bond acceptors (Lipinski definition) is 5. The van der Waals surface area contributed by atoms with Crippen LogP contribution in [0.5, 0.6) is 11.5 Å². The van der Waals surface area contributed by atoms with E-state index in [1.165, 1.54) is 35.3 Å². The van der Waals surface area contributed by atoms with Gasteiger partial charge in [-0.1, -0.05) is 0 Å². The van der Waals surface area contributed by atoms with E-state index >= 15 is 0 Å². The fourth-order valence-corrected chi connectivity index (χ4v) is 2.18. The summed E-state index contributed by atoms with van der Waals surface area (Å²) >= 11 is 0. The van der Waals surface area contributed by atoms with Crippen molar-refractivity contribution in [3.05, 3.63) is 66.0 Å². The molecule has 28 heavy (non-hydrogen) atoms. The topological polar surface area (TPSA) is 86.5 Å². The standard InChI is InChI=1S/C17H11F4N3O4/c18-13-7-10(16(25)26)1-6-14(13)27-8-15-22-9-24(23-15)11-2-4-12(5-3-11)28-17(19,20)21/h1-7,9H,8H2,(H,25,26). The van der Waals surface area contributed by atoms with Gasteiger partial charge in [0.15, 0.2) is 17.4 Å². The van der Waals surface area contributed by atoms with Gasteiger partial charge in [-0.25, -0.2) is 18.9 Å². The van der Waals surface area contributed by atoms with Gasteiger partial charge in [0.2, 0.25) is 0 Å². The molecular formula is C17H11F4N3O4. The Bertz CT molecular complexity index is 987. The molecular weight excluding hydrogens is 386 g/mol. The van der Waals surface area contributed by atoms with Crippen LogP contribution in [0.25, 0.3) is 5.69 Å². The third kappa shape index (κ3) is 4.75. The van der Waals surface area contributed by atoms with Gasteiger partial charge >= 0.3 is 12.3 Å². The van der Waals surface area contributed by atoms with E-state index in [1.807, 2.05) is 0 Å². The van der Waals surface area contributed by atoms with Crippen LogP contribution < -0.4 is 9.47 Å². The maximum absolute atomic E-state index is 13.8. The molecule has 0 aliphatic rings. The molecule has 11 heteroatoms. The molecule has 0 aliphatic heterocycles. The smallest absolute Gasteiger partial charge is 0.482 e. The Labute approximate surface area is 154 Å². The molecule has 0 bridgehead atoms. The summed E-state index contributed by atoms with van der Waals surface area (Å²) in [5, 5.41) is 12.9. The summed E-state index contributed by atoms with van der Waals surface area (Å²) in [6.07, 6.45) is -3.47. The van der Waals surface area contributed by atoms with Crippen molar-refractivity contribution < 1.29 is 36.9 Å². The zero-order valence-electron chi connectivity index (χ0n) is 13.9. The van der Waals surface area contributed by atoms with Crippen LogP contribution in [0.3, 0.4) is 0 Å². The lowest BCUT2D eigenvalue weighted by molar-refractivity contribution is -0.274. The summed E-state index contributed by atoms with van der Waals surface area (Å²) in [6, 6.07) is 8.15. The summed E-state index contributed by atoms with van der Waals surface area (Å²) in [7, 11) is 0. The lowest BCUT2D eigenvalue weighted by atomic mass is 10.2. The molecule has 0 spiro atoms. The van der Waals surface area contributed by atoms with Gasteiger partial charge in [0.05, 0.1) is 11.3 Å². The van der Waals surface area contributed by atoms with Crippen LogP contribution in [0.1, 0.15) is 16.2 Å². The van der Waals surface area contributed by atoms with Crippen LogP contribution in [0.15, 0.2) is 48.8 Å². The van der Waals surface area contributed by atoms with Crippen molar-refractivity contribution in [2.24, 2.45) is 0 Å². The van der Waals surface area contributed by atoms with Crippen molar-refractivity contribution in [2.45, 2.75) is 13.0 Å². The monoisotopic (exact) mass is 397 g/mol. The number of carboxylic acids is 1. The first-order valence-electron chi connectivity index (χ1n) is 7.63. The van der Waals surface area contributed by atoms with E-state index in [9.17, 15) is 22.4 Å². The molecule has 0 atom stereocenters. The zero-order valence-corrected chi connectivity index (χ0v) is 13.9. The second-order valence-electron chi connectivity index (χ2n) is 5.39. The first kappa shape index (κ1) is 19.1. The number of alkyl halides is 3. The highest BCUT2D eigenvalue weighted by Gasteiger charge is 2.31. The zero-order chi connectivity index (χ0) is 20.3. The molecule has 1 N–H and O–H groups in total. The quantitative estimate of drug-likeness (QED) is 0.640. The normalized spacial score (nSPS) is 11.3. The molecule has 0 unspecified atom stereocenters. The largest absolute Gasteiger partial charge is 0.573 e. The Kier molecular flexibility index (Phi) is 5.16. The minimum atomic E-state index is -4.78. The molecule has 0 saturated heterocycles. The Morgan fingerprint density at radius 2 is 1.86 bits per heavy atom. The molecule has 3 rings (SSSR count). The minimum absolute atomic E-state index is 0.171. The molecule has 7 nitrogen and oxygen atoms in total. The fraction of sp³-hybridized carbons (Fsp3) is 0.118. The van der Waals surface area contributed by atoms with Crippen molar-refractivity contribution in [2.75, 3.05) is 0 Å². The van der Waals surface area contributed by atoms with Gasteiger partial charge in [-0.3, -0.25) is 0 Å². The lowest BCUT2D eigenvalue weighted by Crippen LogP contribution is -2.17. The number of aromatic nitrogens is 3. The average Bonchev–Trinajstić information content (AvgIpc) is 3.09. The lowest BCUT2D eigenvalue weighted by Gasteiger charge is -2.09. The third-order valence-electron chi connectivity index (χ3n) is 3.41. The molecule has 0 radical (unpaired) electrons. The second kappa shape index (κ2) is 7.55. The van der Waals surface area contributed by atoms with Crippen molar-refractivity contribution in [3.8, 4) is 17.2 Å². The van der Waals surface area contributed by atoms with Crippen LogP contribution in [0.4, 0.5) is 17.6 Å². The van der Waals surface area contributed by atoms with E-state index in [1.54, 1.807) is 0 Å². The number of halogens is 4. The van der Waals surface area contributed by atoms with E-state index in [2.05, 4.69) is 14.8 Å². The third-order valence-corrected chi connectivity index (χ3v) is 3.41. The van der Waals surface area contributed by atoms with E-state index in [0.717, 1.165) is 18.2 Å². The highest BCUT2D eigenvalue weighted by Crippen LogP contribution is 2.23. The van der Waals surface area contributed by atoms with Crippen molar-refractivity contribution in [1.82, 2.24) is 14.8 Å². The van der Waals surface area contributed by atoms with Crippen LogP contribution in [-0.2, 0) is 6.61 Å². The van der Waals surface area contributed by atoms with Crippen LogP contribution in [0.2, 0.25) is 0 Å². The molecule has 0 fully saturated rings. The van der Waals surface area contributed by atoms with Crippen molar-refractivity contribution >= 4 is 5.97 Å². The Morgan fingerprint density at radius 1 is 1.14 bits per heavy atom. The van der Waals surface area contributed by atoms with Gasteiger partial charge in [0.1, 0.15) is 18.7 Å². The fourth-order valence-electron chi connectivity index (χ4n) is 2.18. The molecule has 0 amide bonds. The number of carboxylic acid groups (broad SMARTS) is 1. The first-order chi connectivity index (χ1) is 13.2. The number of carbonyl (C=O) groups is 1. The van der Waals surface area contributed by atoms with Crippen LogP contribution in [-0.4, -0.2) is 32.2 Å². The molecule has 146 valence electrons. The Morgan fingerprint density at radius 3 is 2.46 bits per heavy atom. The number of aromatic carboxylic acids is 1. The number of hydrogen-bond donors (Lipinski definition) is 1. The summed E-state index contributed by atoms with van der Waals surface area (Å²) in [6.45, 7) is -0.203. The molecule has 2 aromatic carbocycles. The van der Waals surface area contributed by atoms with Gasteiger partial charge in [-0.05, 0) is 42.5 Å². The predicted molar refractivity (Wildman–Crippen MR) is 85.7 cm³/mol. The number of benzene rings is 2. The highest BCUT2D eigenvalue weighted by atomic mass is 19.4. The molecule has 0 saturated carbocycles. The first-order valence-corrected chi connectivity index (χ1v) is 7.63. The highest BCUT2D eigenvalue weighted by molar-refractivity contribution is 5.87. The maximum atomic E-state index is 13.8. The van der Waals surface area contributed by atoms with E-state index in [4.69, 9.17) is 9.84 Å². The number of ether oxygens (including phenoxy) is 2. The van der Waals surface area contributed by atoms with Gasteiger partial charge in [-0.15, -0.1) is 18.3 Å². The maximum Gasteiger partial charge on any atom is 0.573 e. The Hall–Kier alpha value is -3.63.